The molecule has 1 aromatic rings. The van der Waals surface area contributed by atoms with Crippen LogP contribution in [0.1, 0.15) is 31.7 Å². The zero-order valence-electron chi connectivity index (χ0n) is 15.2. The minimum Gasteiger partial charge on any atom is -0.356 e. The minimum atomic E-state index is 0. The number of rotatable bonds is 6. The smallest absolute Gasteiger partial charge is 0.191 e. The van der Waals surface area contributed by atoms with E-state index >= 15 is 0 Å². The van der Waals surface area contributed by atoms with Crippen LogP contribution in [0.5, 0.6) is 0 Å². The van der Waals surface area contributed by atoms with Crippen molar-refractivity contribution < 1.29 is 0 Å². The highest BCUT2D eigenvalue weighted by Crippen LogP contribution is 2.49. The molecule has 1 saturated heterocycles. The Morgan fingerprint density at radius 3 is 2.68 bits per heavy atom. The summed E-state index contributed by atoms with van der Waals surface area (Å²) in [5.74, 6) is 1.67. The van der Waals surface area contributed by atoms with Gasteiger partial charge in [-0.25, -0.2) is 0 Å². The molecule has 0 radical (unpaired) electrons. The summed E-state index contributed by atoms with van der Waals surface area (Å²) >= 11 is 3.71. The van der Waals surface area contributed by atoms with E-state index in [1.807, 2.05) is 7.05 Å². The Kier molecular flexibility index (Phi) is 8.01. The van der Waals surface area contributed by atoms with Crippen molar-refractivity contribution in [2.45, 2.75) is 31.6 Å². The first-order chi connectivity index (χ1) is 11.7. The molecule has 1 aliphatic heterocycles. The highest BCUT2D eigenvalue weighted by Gasteiger charge is 2.45. The molecule has 2 fully saturated rings. The monoisotopic (exact) mass is 520 g/mol. The molecule has 1 unspecified atom stereocenters. The largest absolute Gasteiger partial charge is 0.356 e. The van der Waals surface area contributed by atoms with E-state index in [1.54, 1.807) is 0 Å². The van der Waals surface area contributed by atoms with E-state index in [-0.39, 0.29) is 29.4 Å². The molecule has 2 N–H and O–H groups in total. The number of nitrogens with zero attached hydrogens (tertiary/aromatic N) is 2. The Morgan fingerprint density at radius 2 is 2.08 bits per heavy atom. The van der Waals surface area contributed by atoms with E-state index in [9.17, 15) is 0 Å². The standard InChI is InChI=1S/C19H29BrN4.HI/c1-3-24-11-8-15(13-24)12-22-18(21-2)23-14-19(9-10-19)16-6-4-5-7-17(16)20;/h4-7,15H,3,8-14H2,1-2H3,(H2,21,22,23);1H. The molecule has 1 aromatic carbocycles. The molecule has 6 heteroatoms. The Labute approximate surface area is 177 Å². The topological polar surface area (TPSA) is 39.7 Å². The fraction of sp³-hybridized carbons (Fsp3) is 0.632. The minimum absolute atomic E-state index is 0. The molecular weight excluding hydrogens is 491 g/mol. The zero-order chi connectivity index (χ0) is 17.0. The SMILES string of the molecule is CCN1CCC(CNC(=NC)NCC2(c3ccccc3Br)CC2)C1.I. The lowest BCUT2D eigenvalue weighted by atomic mass is 9.96. The molecule has 3 rings (SSSR count). The summed E-state index contributed by atoms with van der Waals surface area (Å²) in [5.41, 5.74) is 1.69. The van der Waals surface area contributed by atoms with Gasteiger partial charge in [0.05, 0.1) is 0 Å². The van der Waals surface area contributed by atoms with Crippen LogP contribution in [0.25, 0.3) is 0 Å². The van der Waals surface area contributed by atoms with Crippen molar-refractivity contribution in [3.63, 3.8) is 0 Å². The number of benzene rings is 1. The number of aliphatic imine (C=N–C) groups is 1. The summed E-state index contributed by atoms with van der Waals surface area (Å²) in [6.45, 7) is 7.81. The second-order valence-corrected chi connectivity index (χ2v) is 7.97. The summed E-state index contributed by atoms with van der Waals surface area (Å²) < 4.78 is 1.22. The van der Waals surface area contributed by atoms with Crippen molar-refractivity contribution in [3.8, 4) is 0 Å². The van der Waals surface area contributed by atoms with Gasteiger partial charge in [0.15, 0.2) is 5.96 Å². The second kappa shape index (κ2) is 9.55. The van der Waals surface area contributed by atoms with Crippen LogP contribution in [0, 0.1) is 5.92 Å². The highest BCUT2D eigenvalue weighted by molar-refractivity contribution is 14.0. The van der Waals surface area contributed by atoms with Gasteiger partial charge in [-0.2, -0.15) is 0 Å². The van der Waals surface area contributed by atoms with Crippen molar-refractivity contribution in [1.82, 2.24) is 15.5 Å². The number of likely N-dealkylation sites (tertiary alicyclic amines) is 1. The maximum atomic E-state index is 4.40. The van der Waals surface area contributed by atoms with E-state index < -0.39 is 0 Å². The van der Waals surface area contributed by atoms with Gasteiger partial charge in [0.2, 0.25) is 0 Å². The van der Waals surface area contributed by atoms with Crippen molar-refractivity contribution in [3.05, 3.63) is 34.3 Å². The number of guanidine groups is 1. The Morgan fingerprint density at radius 1 is 1.32 bits per heavy atom. The average Bonchev–Trinajstić information content (AvgIpc) is 3.24. The van der Waals surface area contributed by atoms with Crippen LogP contribution in [0.4, 0.5) is 0 Å². The zero-order valence-corrected chi connectivity index (χ0v) is 19.1. The van der Waals surface area contributed by atoms with Gasteiger partial charge in [-0.3, -0.25) is 4.99 Å². The predicted octanol–water partition coefficient (Wildman–Crippen LogP) is 3.61. The number of hydrogen-bond acceptors (Lipinski definition) is 2. The van der Waals surface area contributed by atoms with Crippen LogP contribution in [0.2, 0.25) is 0 Å². The first-order valence-electron chi connectivity index (χ1n) is 9.09. The molecule has 2 aliphatic rings. The summed E-state index contributed by atoms with van der Waals surface area (Å²) in [7, 11) is 1.86. The molecule has 0 amide bonds. The maximum Gasteiger partial charge on any atom is 0.191 e. The number of halogens is 2. The average molecular weight is 521 g/mol. The van der Waals surface area contributed by atoms with Gasteiger partial charge >= 0.3 is 0 Å². The van der Waals surface area contributed by atoms with E-state index in [1.165, 1.54) is 42.4 Å². The molecular formula is C19H30BrIN4. The fourth-order valence-corrected chi connectivity index (χ4v) is 4.37. The molecule has 4 nitrogen and oxygen atoms in total. The second-order valence-electron chi connectivity index (χ2n) is 7.11. The molecule has 1 heterocycles. The third-order valence-electron chi connectivity index (χ3n) is 5.49. The van der Waals surface area contributed by atoms with Crippen LogP contribution in [0.15, 0.2) is 33.7 Å². The molecule has 1 aliphatic carbocycles. The highest BCUT2D eigenvalue weighted by atomic mass is 127. The van der Waals surface area contributed by atoms with E-state index in [0.717, 1.165) is 31.5 Å². The van der Waals surface area contributed by atoms with Gasteiger partial charge < -0.3 is 15.5 Å². The Bertz CT molecular complexity index is 589. The van der Waals surface area contributed by atoms with Gasteiger partial charge in [0.1, 0.15) is 0 Å². The third-order valence-corrected chi connectivity index (χ3v) is 6.18. The third kappa shape index (κ3) is 5.32. The van der Waals surface area contributed by atoms with Gasteiger partial charge in [-0.1, -0.05) is 41.1 Å². The number of hydrogen-bond donors (Lipinski definition) is 2. The van der Waals surface area contributed by atoms with Crippen LogP contribution >= 0.6 is 39.9 Å². The molecule has 1 saturated carbocycles. The van der Waals surface area contributed by atoms with Crippen LogP contribution < -0.4 is 10.6 Å². The lowest BCUT2D eigenvalue weighted by molar-refractivity contribution is 0.341. The van der Waals surface area contributed by atoms with Gasteiger partial charge in [0.25, 0.3) is 0 Å². The summed E-state index contributed by atoms with van der Waals surface area (Å²) in [6, 6.07) is 8.60. The van der Waals surface area contributed by atoms with E-state index in [4.69, 9.17) is 0 Å². The van der Waals surface area contributed by atoms with Crippen molar-refractivity contribution in [2.75, 3.05) is 39.8 Å². The first-order valence-corrected chi connectivity index (χ1v) is 9.88. The van der Waals surface area contributed by atoms with Gasteiger partial charge in [-0.05, 0) is 49.9 Å². The normalized spacial score (nSPS) is 22.4. The maximum absolute atomic E-state index is 4.40. The lowest BCUT2D eigenvalue weighted by Crippen LogP contribution is -2.43. The molecule has 25 heavy (non-hydrogen) atoms. The van der Waals surface area contributed by atoms with Crippen molar-refractivity contribution in [1.29, 1.82) is 0 Å². The van der Waals surface area contributed by atoms with Gasteiger partial charge in [-0.15, -0.1) is 24.0 Å². The summed E-state index contributed by atoms with van der Waals surface area (Å²) in [6.07, 6.45) is 3.78. The quantitative estimate of drug-likeness (QED) is 0.342. The van der Waals surface area contributed by atoms with Crippen molar-refractivity contribution >= 4 is 45.9 Å². The van der Waals surface area contributed by atoms with Crippen LogP contribution in [0.3, 0.4) is 0 Å². The van der Waals surface area contributed by atoms with E-state index in [0.29, 0.717) is 0 Å². The lowest BCUT2D eigenvalue weighted by Gasteiger charge is -2.21. The fourth-order valence-electron chi connectivity index (χ4n) is 3.66. The Balaban J connectivity index is 0.00000225. The van der Waals surface area contributed by atoms with Crippen LogP contribution in [-0.4, -0.2) is 50.6 Å². The molecule has 140 valence electrons. The van der Waals surface area contributed by atoms with E-state index in [2.05, 4.69) is 67.6 Å². The van der Waals surface area contributed by atoms with Crippen LogP contribution in [-0.2, 0) is 5.41 Å². The molecule has 1 atom stereocenters. The first kappa shape index (κ1) is 21.0. The van der Waals surface area contributed by atoms with Crippen molar-refractivity contribution in [2.24, 2.45) is 10.9 Å². The Hall–Kier alpha value is -0.340. The number of nitrogens with one attached hydrogen (secondary N) is 2. The predicted molar refractivity (Wildman–Crippen MR) is 120 cm³/mol. The molecule has 0 aromatic heterocycles. The summed E-state index contributed by atoms with van der Waals surface area (Å²) in [5, 5.41) is 7.07. The summed E-state index contributed by atoms with van der Waals surface area (Å²) in [4.78, 5) is 6.93. The molecule has 0 spiro atoms. The molecule has 0 bridgehead atoms. The van der Waals surface area contributed by atoms with Gasteiger partial charge in [0, 0.05) is 36.6 Å².